The Balaban J connectivity index is 2.13. The lowest BCUT2D eigenvalue weighted by atomic mass is 9.92. The van der Waals surface area contributed by atoms with Crippen LogP contribution in [-0.2, 0) is 27.7 Å². The molecule has 1 atom stereocenters. The van der Waals surface area contributed by atoms with Crippen molar-refractivity contribution in [1.29, 1.82) is 0 Å². The Morgan fingerprint density at radius 2 is 2.04 bits per heavy atom. The molecule has 25 heavy (non-hydrogen) atoms. The maximum atomic E-state index is 11.4. The highest BCUT2D eigenvalue weighted by molar-refractivity contribution is 7.90. The minimum atomic E-state index is -2.99. The molecule has 0 aromatic carbocycles. The van der Waals surface area contributed by atoms with E-state index in [1.807, 2.05) is 18.5 Å². The predicted molar refractivity (Wildman–Crippen MR) is 101 cm³/mol. The van der Waals surface area contributed by atoms with Gasteiger partial charge in [-0.1, -0.05) is 6.92 Å². The van der Waals surface area contributed by atoms with E-state index in [1.54, 1.807) is 0 Å². The molecular weight excluding hydrogens is 338 g/mol. The van der Waals surface area contributed by atoms with Crippen molar-refractivity contribution in [2.24, 2.45) is 0 Å². The molecule has 1 unspecified atom stereocenters. The molecule has 1 saturated heterocycles. The Hall–Kier alpha value is -0.920. The van der Waals surface area contributed by atoms with Crippen LogP contribution in [0.25, 0.3) is 0 Å². The summed E-state index contributed by atoms with van der Waals surface area (Å²) < 4.78 is 30.6. The number of hydrogen-bond acceptors (Lipinski definition) is 5. The zero-order valence-electron chi connectivity index (χ0n) is 16.5. The van der Waals surface area contributed by atoms with Crippen LogP contribution in [0.15, 0.2) is 0 Å². The van der Waals surface area contributed by atoms with E-state index in [1.165, 1.54) is 11.8 Å². The normalized spacial score (nSPS) is 21.0. The van der Waals surface area contributed by atoms with Crippen molar-refractivity contribution in [3.8, 4) is 0 Å². The third-order valence-electron chi connectivity index (χ3n) is 5.16. The molecule has 6 nitrogen and oxygen atoms in total. The maximum Gasteiger partial charge on any atom is 0.149 e. The second-order valence-corrected chi connectivity index (χ2v) is 10.1. The topological polar surface area (TPSA) is 64.4 Å². The highest BCUT2D eigenvalue weighted by Crippen LogP contribution is 2.29. The van der Waals surface area contributed by atoms with E-state index in [0.29, 0.717) is 12.6 Å². The molecule has 0 bridgehead atoms. The first kappa shape index (κ1) is 20.4. The Morgan fingerprint density at radius 3 is 2.60 bits per heavy atom. The van der Waals surface area contributed by atoms with Crippen molar-refractivity contribution in [3.05, 3.63) is 17.0 Å². The molecule has 0 spiro atoms. The van der Waals surface area contributed by atoms with Gasteiger partial charge in [0, 0.05) is 36.7 Å². The summed E-state index contributed by atoms with van der Waals surface area (Å²) in [7, 11) is -2.99. The van der Waals surface area contributed by atoms with E-state index >= 15 is 0 Å². The van der Waals surface area contributed by atoms with Gasteiger partial charge in [-0.25, -0.2) is 8.42 Å². The van der Waals surface area contributed by atoms with Crippen LogP contribution >= 0.6 is 0 Å². The molecule has 0 N–H and O–H groups in total. The van der Waals surface area contributed by atoms with Gasteiger partial charge in [0.25, 0.3) is 0 Å². The highest BCUT2D eigenvalue weighted by atomic mass is 32.2. The van der Waals surface area contributed by atoms with Crippen LogP contribution in [0.3, 0.4) is 0 Å². The lowest BCUT2D eigenvalue weighted by Crippen LogP contribution is -2.45. The van der Waals surface area contributed by atoms with Crippen LogP contribution in [-0.4, -0.2) is 59.9 Å². The lowest BCUT2D eigenvalue weighted by Gasteiger charge is -2.41. The summed E-state index contributed by atoms with van der Waals surface area (Å²) in [6.07, 6.45) is 3.35. The van der Waals surface area contributed by atoms with Gasteiger partial charge >= 0.3 is 0 Å². The number of aromatic nitrogens is 2. The summed E-state index contributed by atoms with van der Waals surface area (Å²) in [5.41, 5.74) is 3.22. The summed E-state index contributed by atoms with van der Waals surface area (Å²) in [4.78, 5) is 2.50. The number of hydrogen-bond donors (Lipinski definition) is 0. The van der Waals surface area contributed by atoms with Gasteiger partial charge in [-0.2, -0.15) is 5.10 Å². The molecule has 2 rings (SSSR count). The van der Waals surface area contributed by atoms with Crippen molar-refractivity contribution in [2.45, 2.75) is 72.2 Å². The molecule has 0 amide bonds. The molecule has 1 aliphatic rings. The van der Waals surface area contributed by atoms with E-state index in [0.717, 1.165) is 43.9 Å². The third kappa shape index (κ3) is 5.53. The van der Waals surface area contributed by atoms with Crippen molar-refractivity contribution in [1.82, 2.24) is 14.7 Å². The zero-order valence-corrected chi connectivity index (χ0v) is 17.3. The summed E-state index contributed by atoms with van der Waals surface area (Å²) in [6.45, 7) is 13.6. The average Bonchev–Trinajstić information content (AvgIpc) is 2.75. The summed E-state index contributed by atoms with van der Waals surface area (Å²) in [5.74, 6) is 0.125. The minimum absolute atomic E-state index is 0.0694. The van der Waals surface area contributed by atoms with Gasteiger partial charge in [0.1, 0.15) is 9.84 Å². The first-order valence-corrected chi connectivity index (χ1v) is 11.2. The Labute approximate surface area is 152 Å². The molecule has 1 fully saturated rings. The van der Waals surface area contributed by atoms with Crippen molar-refractivity contribution in [3.63, 3.8) is 0 Å². The number of sulfone groups is 1. The molecule has 7 heteroatoms. The quantitative estimate of drug-likeness (QED) is 0.736. The second-order valence-electron chi connectivity index (χ2n) is 7.82. The van der Waals surface area contributed by atoms with E-state index in [4.69, 9.17) is 4.74 Å². The smallest absolute Gasteiger partial charge is 0.149 e. The molecule has 0 saturated carbocycles. The van der Waals surface area contributed by atoms with Gasteiger partial charge in [0.2, 0.25) is 0 Å². The monoisotopic (exact) mass is 371 g/mol. The van der Waals surface area contributed by atoms with Gasteiger partial charge in [0.15, 0.2) is 0 Å². The van der Waals surface area contributed by atoms with E-state index in [-0.39, 0.29) is 11.4 Å². The molecule has 1 aliphatic heterocycles. The van der Waals surface area contributed by atoms with Gasteiger partial charge in [0.05, 0.1) is 23.6 Å². The number of ether oxygens (including phenoxy) is 1. The summed E-state index contributed by atoms with van der Waals surface area (Å²) in [5, 5.41) is 4.58. The fourth-order valence-electron chi connectivity index (χ4n) is 3.65. The zero-order chi connectivity index (χ0) is 18.8. The van der Waals surface area contributed by atoms with Gasteiger partial charge < -0.3 is 4.74 Å². The Morgan fingerprint density at radius 1 is 1.36 bits per heavy atom. The largest absolute Gasteiger partial charge is 0.375 e. The van der Waals surface area contributed by atoms with Crippen molar-refractivity contribution < 1.29 is 13.2 Å². The molecular formula is C18H33N3O3S. The van der Waals surface area contributed by atoms with Gasteiger partial charge in [-0.05, 0) is 47.1 Å². The van der Waals surface area contributed by atoms with Crippen LogP contribution < -0.4 is 0 Å². The Bertz CT molecular complexity index is 695. The minimum Gasteiger partial charge on any atom is -0.375 e. The van der Waals surface area contributed by atoms with E-state index in [2.05, 4.69) is 30.8 Å². The average molecular weight is 372 g/mol. The van der Waals surface area contributed by atoms with Crippen LogP contribution in [0.2, 0.25) is 0 Å². The maximum absolute atomic E-state index is 11.4. The highest BCUT2D eigenvalue weighted by Gasteiger charge is 2.32. The van der Waals surface area contributed by atoms with Crippen molar-refractivity contribution >= 4 is 9.84 Å². The molecule has 2 heterocycles. The van der Waals surface area contributed by atoms with Crippen LogP contribution in [0.4, 0.5) is 0 Å². The number of aryl methyl sites for hydroxylation is 2. The third-order valence-corrected chi connectivity index (χ3v) is 6.08. The van der Waals surface area contributed by atoms with Crippen molar-refractivity contribution in [2.75, 3.05) is 25.2 Å². The SMILES string of the molecule is CCN(Cc1c(C)nn(CCS(C)(=O)=O)c1C)C1CCOC(C)(C)C1. The molecule has 144 valence electrons. The summed E-state index contributed by atoms with van der Waals surface area (Å²) in [6, 6.07) is 0.506. The van der Waals surface area contributed by atoms with Crippen LogP contribution in [0, 0.1) is 13.8 Å². The molecule has 0 radical (unpaired) electrons. The lowest BCUT2D eigenvalue weighted by molar-refractivity contribution is -0.0839. The number of nitrogens with zero attached hydrogens (tertiary/aromatic N) is 3. The van der Waals surface area contributed by atoms with Gasteiger partial charge in [-0.3, -0.25) is 9.58 Å². The molecule has 1 aromatic heterocycles. The standard InChI is InChI=1S/C18H33N3O3S/c1-7-20(16-8-10-24-18(4,5)12-16)13-17-14(2)19-21(15(17)3)9-11-25(6,22)23/h16H,7-13H2,1-6H3. The Kier molecular flexibility index (Phi) is 6.33. The fraction of sp³-hybridized carbons (Fsp3) is 0.833. The van der Waals surface area contributed by atoms with Crippen LogP contribution in [0.1, 0.15) is 50.6 Å². The van der Waals surface area contributed by atoms with E-state index in [9.17, 15) is 8.42 Å². The summed E-state index contributed by atoms with van der Waals surface area (Å²) >= 11 is 0. The van der Waals surface area contributed by atoms with E-state index < -0.39 is 9.84 Å². The number of rotatable bonds is 7. The molecule has 1 aromatic rings. The second kappa shape index (κ2) is 7.76. The predicted octanol–water partition coefficient (Wildman–Crippen LogP) is 2.32. The molecule has 0 aliphatic carbocycles. The van der Waals surface area contributed by atoms with Gasteiger partial charge in [-0.15, -0.1) is 0 Å². The first-order chi connectivity index (χ1) is 11.5. The first-order valence-electron chi connectivity index (χ1n) is 9.11. The van der Waals surface area contributed by atoms with Crippen LogP contribution in [0.5, 0.6) is 0 Å². The fourth-order valence-corrected chi connectivity index (χ4v) is 4.15.